The van der Waals surface area contributed by atoms with Gasteiger partial charge in [0.25, 0.3) is 11.4 Å². The molecule has 1 fully saturated rings. The third kappa shape index (κ3) is 4.58. The van der Waals surface area contributed by atoms with E-state index in [2.05, 4.69) is 5.09 Å². The van der Waals surface area contributed by atoms with Gasteiger partial charge in [-0.2, -0.15) is 0 Å². The number of aromatic hydroxyl groups is 1. The molecule has 1 aromatic heterocycles. The summed E-state index contributed by atoms with van der Waals surface area (Å²) in [6.07, 6.45) is -4.65. The Morgan fingerprint density at radius 1 is 1.31 bits per heavy atom. The molecule has 2 aromatic rings. The third-order valence-electron chi connectivity index (χ3n) is 4.27. The number of nitrogens with one attached hydrogen (secondary N) is 2. The van der Waals surface area contributed by atoms with Gasteiger partial charge in [0.2, 0.25) is 0 Å². The summed E-state index contributed by atoms with van der Waals surface area (Å²) in [6.45, 7) is -1.06. The number of aliphatic hydroxyl groups is 2. The second kappa shape index (κ2) is 8.49. The summed E-state index contributed by atoms with van der Waals surface area (Å²) in [5.74, 6) is -3.00. The number of ether oxygens (including phenoxy) is 1. The number of halogens is 1. The maximum absolute atomic E-state index is 15.0. The van der Waals surface area contributed by atoms with Crippen molar-refractivity contribution in [2.45, 2.75) is 30.8 Å². The van der Waals surface area contributed by atoms with Crippen LogP contribution in [0, 0.1) is 0 Å². The van der Waals surface area contributed by atoms with Gasteiger partial charge < -0.3 is 20.1 Å². The zero-order valence-electron chi connectivity index (χ0n) is 14.8. The van der Waals surface area contributed by atoms with E-state index in [4.69, 9.17) is 9.26 Å². The maximum Gasteiger partial charge on any atom is 0.613 e. The third-order valence-corrected chi connectivity index (χ3v) is 5.05. The van der Waals surface area contributed by atoms with Gasteiger partial charge >= 0.3 is 13.9 Å². The van der Waals surface area contributed by atoms with Crippen molar-refractivity contribution in [2.24, 2.45) is 0 Å². The molecule has 0 spiro atoms. The lowest BCUT2D eigenvalue weighted by Crippen LogP contribution is -2.42. The molecular weight excluding hydrogens is 412 g/mol. The van der Waals surface area contributed by atoms with Gasteiger partial charge in [0, 0.05) is 17.8 Å². The predicted molar refractivity (Wildman–Crippen MR) is 95.8 cm³/mol. The lowest BCUT2D eigenvalue weighted by atomic mass is 10.1. The maximum atomic E-state index is 15.0. The first-order chi connectivity index (χ1) is 13.7. The Hall–Kier alpha value is -2.47. The summed E-state index contributed by atoms with van der Waals surface area (Å²) in [7, 11) is -2.62. The van der Waals surface area contributed by atoms with Crippen molar-refractivity contribution in [1.82, 2.24) is 14.6 Å². The molecule has 3 rings (SSSR count). The number of para-hydroxylation sites is 1. The van der Waals surface area contributed by atoms with Crippen LogP contribution in [0.5, 0.6) is 5.75 Å². The second-order valence-corrected chi connectivity index (χ2v) is 7.33. The quantitative estimate of drug-likeness (QED) is 0.369. The highest BCUT2D eigenvalue weighted by molar-refractivity contribution is 7.36. The summed E-state index contributed by atoms with van der Waals surface area (Å²) in [6, 6.07) is 7.23. The van der Waals surface area contributed by atoms with Crippen LogP contribution in [0.3, 0.4) is 0 Å². The van der Waals surface area contributed by atoms with Crippen LogP contribution in [0.15, 0.2) is 46.1 Å². The zero-order chi connectivity index (χ0) is 21.2. The molecule has 0 bridgehead atoms. The van der Waals surface area contributed by atoms with Gasteiger partial charge in [-0.05, 0) is 10.6 Å². The van der Waals surface area contributed by atoms with Gasteiger partial charge in [0.1, 0.15) is 18.0 Å². The van der Waals surface area contributed by atoms with Crippen LogP contribution < -0.4 is 16.3 Å². The molecule has 1 aliphatic rings. The number of aromatic nitrogens is 2. The lowest BCUT2D eigenvalue weighted by molar-refractivity contribution is -0.202. The van der Waals surface area contributed by atoms with Gasteiger partial charge in [0.05, 0.1) is 6.54 Å². The van der Waals surface area contributed by atoms with E-state index >= 15 is 0 Å². The van der Waals surface area contributed by atoms with Gasteiger partial charge in [-0.25, -0.2) is 9.18 Å². The molecule has 1 saturated heterocycles. The van der Waals surface area contributed by atoms with Crippen LogP contribution in [0.4, 0.5) is 4.39 Å². The number of hydrogen-bond acceptors (Lipinski definition) is 8. The highest BCUT2D eigenvalue weighted by atomic mass is 31.1. The van der Waals surface area contributed by atoms with E-state index in [1.54, 1.807) is 18.2 Å². The van der Waals surface area contributed by atoms with Crippen molar-refractivity contribution < 1.29 is 33.5 Å². The van der Waals surface area contributed by atoms with Crippen LogP contribution in [0.25, 0.3) is 0 Å². The van der Waals surface area contributed by atoms with Crippen LogP contribution in [-0.2, 0) is 20.4 Å². The first-order valence-corrected chi connectivity index (χ1v) is 9.54. The standard InChI is InChI=1S/C16H17FN3O8P/c17-16(8-27-29(26)18-7-9-3-1-2-4-10(9)21)13(24)12(23)14(28-16)20-6-5-11(22)19-15(20)25/h1-6,12-14,23-24H,7-8H2,(H2-,18,19,21,22,25,26)/p+1/t12-,13+,14-,16-/m1/s1. The number of aliphatic hydroxyl groups excluding tert-OH is 2. The van der Waals surface area contributed by atoms with E-state index in [-0.39, 0.29) is 12.3 Å². The van der Waals surface area contributed by atoms with Crippen molar-refractivity contribution in [3.63, 3.8) is 0 Å². The largest absolute Gasteiger partial charge is 0.613 e. The molecule has 1 aromatic carbocycles. The Balaban J connectivity index is 1.62. The molecule has 5 atom stereocenters. The fourth-order valence-electron chi connectivity index (χ4n) is 2.72. The van der Waals surface area contributed by atoms with Crippen molar-refractivity contribution >= 4 is 8.18 Å². The van der Waals surface area contributed by atoms with Crippen molar-refractivity contribution in [1.29, 1.82) is 0 Å². The van der Waals surface area contributed by atoms with E-state index in [9.17, 15) is 33.9 Å². The number of hydrogen-bond donors (Lipinski definition) is 5. The Labute approximate surface area is 163 Å². The Morgan fingerprint density at radius 2 is 2.03 bits per heavy atom. The number of alkyl halides is 1. The van der Waals surface area contributed by atoms with E-state index in [1.807, 2.05) is 4.98 Å². The lowest BCUT2D eigenvalue weighted by Gasteiger charge is -2.19. The monoisotopic (exact) mass is 430 g/mol. The topological polar surface area (TPSA) is 163 Å². The zero-order valence-corrected chi connectivity index (χ0v) is 15.7. The second-order valence-electron chi connectivity index (χ2n) is 6.24. The summed E-state index contributed by atoms with van der Waals surface area (Å²) < 4.78 is 37.4. The molecule has 29 heavy (non-hydrogen) atoms. The highest BCUT2D eigenvalue weighted by Crippen LogP contribution is 2.39. The van der Waals surface area contributed by atoms with Crippen molar-refractivity contribution in [3.8, 4) is 5.75 Å². The molecule has 1 aliphatic heterocycles. The summed E-state index contributed by atoms with van der Waals surface area (Å²) >= 11 is 0. The Kier molecular flexibility index (Phi) is 6.22. The fraction of sp³-hybridized carbons (Fsp3) is 0.375. The van der Waals surface area contributed by atoms with E-state index in [1.165, 1.54) is 6.07 Å². The first-order valence-electron chi connectivity index (χ1n) is 8.36. The number of rotatable bonds is 7. The summed E-state index contributed by atoms with van der Waals surface area (Å²) in [5, 5.41) is 32.1. The number of benzene rings is 1. The number of aromatic amines is 1. The Bertz CT molecular complexity index is 1010. The predicted octanol–water partition coefficient (Wildman–Crippen LogP) is -0.378. The van der Waals surface area contributed by atoms with Crippen molar-refractivity contribution in [2.75, 3.05) is 6.61 Å². The molecule has 0 amide bonds. The van der Waals surface area contributed by atoms with E-state index < -0.39 is 50.3 Å². The van der Waals surface area contributed by atoms with Gasteiger partial charge in [-0.1, -0.05) is 23.3 Å². The van der Waals surface area contributed by atoms with Gasteiger partial charge in [-0.3, -0.25) is 14.3 Å². The normalized spacial score (nSPS) is 27.1. The molecule has 0 aliphatic carbocycles. The minimum absolute atomic E-state index is 0.0304. The number of nitrogens with zero attached hydrogens (tertiary/aromatic N) is 1. The van der Waals surface area contributed by atoms with Crippen LogP contribution in [-0.4, -0.2) is 49.5 Å². The molecule has 5 N–H and O–H groups in total. The number of phenolic OH excluding ortho intramolecular Hbond substituents is 1. The van der Waals surface area contributed by atoms with Crippen LogP contribution in [0.1, 0.15) is 11.8 Å². The highest BCUT2D eigenvalue weighted by Gasteiger charge is 2.57. The average Bonchev–Trinajstić information content (AvgIpc) is 2.90. The molecule has 0 saturated carbocycles. The number of phenols is 1. The SMILES string of the molecule is O=c1ccn([C@@H]2O[C@](F)(CO[P+](=O)NCc3ccccc3O)[C@@H](O)[C@H]2O)c(=O)[nH]1. The first kappa shape index (κ1) is 21.2. The molecular formula is C16H18FN3O8P+. The van der Waals surface area contributed by atoms with Crippen LogP contribution >= 0.6 is 8.18 Å². The summed E-state index contributed by atoms with van der Waals surface area (Å²) in [5.41, 5.74) is -1.25. The Morgan fingerprint density at radius 3 is 2.72 bits per heavy atom. The number of H-pyrrole nitrogens is 1. The molecule has 0 radical (unpaired) electrons. The molecule has 2 heterocycles. The van der Waals surface area contributed by atoms with E-state index in [0.717, 1.165) is 12.3 Å². The molecule has 11 nitrogen and oxygen atoms in total. The van der Waals surface area contributed by atoms with Crippen molar-refractivity contribution in [3.05, 3.63) is 62.9 Å². The van der Waals surface area contributed by atoms with E-state index in [0.29, 0.717) is 10.1 Å². The molecule has 1 unspecified atom stereocenters. The minimum atomic E-state index is -2.97. The smallest absolute Gasteiger partial charge is 0.508 e. The van der Waals surface area contributed by atoms with Gasteiger partial charge in [0.15, 0.2) is 12.8 Å². The fourth-order valence-corrected chi connectivity index (χ4v) is 3.41. The summed E-state index contributed by atoms with van der Waals surface area (Å²) in [4.78, 5) is 24.8. The molecule has 156 valence electrons. The minimum Gasteiger partial charge on any atom is -0.508 e. The van der Waals surface area contributed by atoms with Crippen LogP contribution in [0.2, 0.25) is 0 Å². The average molecular weight is 430 g/mol. The van der Waals surface area contributed by atoms with Gasteiger partial charge in [-0.15, -0.1) is 4.52 Å². The molecule has 13 heteroatoms.